The molecule has 2 N–H and O–H groups in total. The van der Waals surface area contributed by atoms with Gasteiger partial charge in [0.25, 0.3) is 0 Å². The molecule has 1 aromatic heterocycles. The first-order chi connectivity index (χ1) is 12.1. The van der Waals surface area contributed by atoms with Gasteiger partial charge in [-0.2, -0.15) is 0 Å². The van der Waals surface area contributed by atoms with E-state index >= 15 is 0 Å². The zero-order chi connectivity index (χ0) is 17.4. The highest BCUT2D eigenvalue weighted by Gasteiger charge is 2.37. The fourth-order valence-electron chi connectivity index (χ4n) is 3.53. The summed E-state index contributed by atoms with van der Waals surface area (Å²) >= 11 is 0. The molecule has 0 bridgehead atoms. The normalized spacial score (nSPS) is 22.8. The Morgan fingerprint density at radius 2 is 2.04 bits per heavy atom. The minimum absolute atomic E-state index is 0.126. The second kappa shape index (κ2) is 6.59. The molecule has 2 aromatic rings. The summed E-state index contributed by atoms with van der Waals surface area (Å²) in [6.07, 6.45) is 4.29. The van der Waals surface area contributed by atoms with Crippen LogP contribution in [0, 0.1) is 11.7 Å². The van der Waals surface area contributed by atoms with Gasteiger partial charge in [-0.05, 0) is 55.9 Å². The molecule has 6 heteroatoms. The first-order valence-corrected chi connectivity index (χ1v) is 8.85. The Labute approximate surface area is 145 Å². The second-order valence-electron chi connectivity index (χ2n) is 7.27. The number of rotatable bonds is 7. The van der Waals surface area contributed by atoms with Crippen LogP contribution in [0.1, 0.15) is 25.7 Å². The lowest BCUT2D eigenvalue weighted by atomic mass is 9.85. The fraction of sp³-hybridized carbons (Fsp3) is 0.474. The molecule has 1 heterocycles. The summed E-state index contributed by atoms with van der Waals surface area (Å²) in [6, 6.07) is 9.06. The van der Waals surface area contributed by atoms with Crippen LogP contribution >= 0.6 is 0 Å². The van der Waals surface area contributed by atoms with Crippen LogP contribution in [0.25, 0.3) is 10.9 Å². The van der Waals surface area contributed by atoms with Crippen LogP contribution in [0.2, 0.25) is 0 Å². The van der Waals surface area contributed by atoms with E-state index in [-0.39, 0.29) is 12.4 Å². The van der Waals surface area contributed by atoms with Crippen molar-refractivity contribution in [3.05, 3.63) is 36.1 Å². The highest BCUT2D eigenvalue weighted by Crippen LogP contribution is 2.34. The lowest BCUT2D eigenvalue weighted by Gasteiger charge is -2.43. The Kier molecular flexibility index (Phi) is 4.29. The van der Waals surface area contributed by atoms with Crippen molar-refractivity contribution in [2.24, 2.45) is 5.92 Å². The van der Waals surface area contributed by atoms with Gasteiger partial charge in [0, 0.05) is 30.1 Å². The molecule has 0 aliphatic heterocycles. The van der Waals surface area contributed by atoms with Crippen molar-refractivity contribution in [1.29, 1.82) is 0 Å². The standard InChI is InChI=1S/C19H22FN3O2/c20-14-5-3-13-4-6-18(22-17(13)7-14)21-15-8-16(9-15)23(11-19(24)25)10-12-1-2-12/h3-7,12,15-16H,1-2,8-11H2,(H,21,22)(H,24,25). The summed E-state index contributed by atoms with van der Waals surface area (Å²) < 4.78 is 13.3. The van der Waals surface area contributed by atoms with Crippen molar-refractivity contribution >= 4 is 22.7 Å². The number of benzene rings is 1. The zero-order valence-corrected chi connectivity index (χ0v) is 14.0. The van der Waals surface area contributed by atoms with E-state index in [4.69, 9.17) is 5.11 Å². The van der Waals surface area contributed by atoms with Crippen LogP contribution in [0.15, 0.2) is 30.3 Å². The number of pyridine rings is 1. The first-order valence-electron chi connectivity index (χ1n) is 8.85. The summed E-state index contributed by atoms with van der Waals surface area (Å²) in [5, 5.41) is 13.4. The number of anilines is 1. The van der Waals surface area contributed by atoms with Crippen molar-refractivity contribution < 1.29 is 14.3 Å². The monoisotopic (exact) mass is 343 g/mol. The molecular weight excluding hydrogens is 321 g/mol. The quantitative estimate of drug-likeness (QED) is 0.809. The van der Waals surface area contributed by atoms with Crippen LogP contribution in [-0.2, 0) is 4.79 Å². The van der Waals surface area contributed by atoms with Crippen LogP contribution in [0.4, 0.5) is 10.2 Å². The molecule has 2 aliphatic carbocycles. The van der Waals surface area contributed by atoms with Crippen molar-refractivity contribution in [3.63, 3.8) is 0 Å². The van der Waals surface area contributed by atoms with Crippen LogP contribution in [-0.4, -0.2) is 46.1 Å². The Bertz CT molecular complexity index is 787. The topological polar surface area (TPSA) is 65.5 Å². The van der Waals surface area contributed by atoms with Gasteiger partial charge in [-0.3, -0.25) is 9.69 Å². The number of hydrogen-bond acceptors (Lipinski definition) is 4. The summed E-state index contributed by atoms with van der Waals surface area (Å²) in [4.78, 5) is 17.7. The smallest absolute Gasteiger partial charge is 0.317 e. The van der Waals surface area contributed by atoms with Crippen molar-refractivity contribution in [2.75, 3.05) is 18.4 Å². The number of aliphatic carboxylic acids is 1. The van der Waals surface area contributed by atoms with Gasteiger partial charge in [-0.15, -0.1) is 0 Å². The third kappa shape index (κ3) is 3.90. The average molecular weight is 343 g/mol. The zero-order valence-electron chi connectivity index (χ0n) is 14.0. The lowest BCUT2D eigenvalue weighted by Crippen LogP contribution is -2.52. The molecule has 0 amide bonds. The Morgan fingerprint density at radius 1 is 1.28 bits per heavy atom. The molecule has 5 nitrogen and oxygen atoms in total. The number of nitrogens with zero attached hydrogens (tertiary/aromatic N) is 2. The molecule has 0 radical (unpaired) electrons. The molecule has 2 saturated carbocycles. The molecule has 1 aromatic carbocycles. The van der Waals surface area contributed by atoms with Crippen molar-refractivity contribution in [3.8, 4) is 0 Å². The van der Waals surface area contributed by atoms with Gasteiger partial charge in [-0.25, -0.2) is 9.37 Å². The molecular formula is C19H22FN3O2. The number of carboxylic acid groups (broad SMARTS) is 1. The number of nitrogens with one attached hydrogen (secondary N) is 1. The SMILES string of the molecule is O=C(O)CN(CC1CC1)C1CC(Nc2ccc3ccc(F)cc3n2)C1. The number of hydrogen-bond donors (Lipinski definition) is 2. The average Bonchev–Trinajstić information content (AvgIpc) is 3.33. The predicted octanol–water partition coefficient (Wildman–Crippen LogP) is 3.11. The molecule has 2 fully saturated rings. The lowest BCUT2D eigenvalue weighted by molar-refractivity contribution is -0.139. The Hall–Kier alpha value is -2.21. The van der Waals surface area contributed by atoms with Crippen molar-refractivity contribution in [1.82, 2.24) is 9.88 Å². The maximum atomic E-state index is 13.3. The summed E-state index contributed by atoms with van der Waals surface area (Å²) in [5.74, 6) is 0.387. The second-order valence-corrected chi connectivity index (χ2v) is 7.27. The van der Waals surface area contributed by atoms with E-state index in [1.54, 1.807) is 6.07 Å². The third-order valence-corrected chi connectivity index (χ3v) is 5.16. The molecule has 132 valence electrons. The largest absolute Gasteiger partial charge is 0.480 e. The number of halogens is 1. The fourth-order valence-corrected chi connectivity index (χ4v) is 3.53. The van der Waals surface area contributed by atoms with Gasteiger partial charge in [0.1, 0.15) is 11.6 Å². The number of carboxylic acids is 1. The van der Waals surface area contributed by atoms with Gasteiger partial charge in [-0.1, -0.05) is 0 Å². The number of aromatic nitrogens is 1. The van der Waals surface area contributed by atoms with E-state index in [1.165, 1.54) is 25.0 Å². The highest BCUT2D eigenvalue weighted by atomic mass is 19.1. The Balaban J connectivity index is 1.36. The molecule has 0 saturated heterocycles. The van der Waals surface area contributed by atoms with Gasteiger partial charge in [0.2, 0.25) is 0 Å². The third-order valence-electron chi connectivity index (χ3n) is 5.16. The van der Waals surface area contributed by atoms with Crippen LogP contribution in [0.3, 0.4) is 0 Å². The van der Waals surface area contributed by atoms with Gasteiger partial charge in [0.15, 0.2) is 0 Å². The Morgan fingerprint density at radius 3 is 2.76 bits per heavy atom. The maximum absolute atomic E-state index is 13.3. The molecule has 25 heavy (non-hydrogen) atoms. The number of carbonyl (C=O) groups is 1. The first kappa shape index (κ1) is 16.3. The van der Waals surface area contributed by atoms with Crippen molar-refractivity contribution in [2.45, 2.75) is 37.8 Å². The van der Waals surface area contributed by atoms with Gasteiger partial charge < -0.3 is 10.4 Å². The van der Waals surface area contributed by atoms with Gasteiger partial charge >= 0.3 is 5.97 Å². The molecule has 0 spiro atoms. The highest BCUT2D eigenvalue weighted by molar-refractivity contribution is 5.80. The number of fused-ring (bicyclic) bond motifs is 1. The van der Waals surface area contributed by atoms with Gasteiger partial charge in [0.05, 0.1) is 12.1 Å². The van der Waals surface area contributed by atoms with E-state index in [2.05, 4.69) is 15.2 Å². The van der Waals surface area contributed by atoms with E-state index < -0.39 is 5.97 Å². The van der Waals surface area contributed by atoms with E-state index in [1.807, 2.05) is 12.1 Å². The molecule has 0 unspecified atom stereocenters. The van der Waals surface area contributed by atoms with E-state index in [9.17, 15) is 9.18 Å². The minimum atomic E-state index is -0.754. The predicted molar refractivity (Wildman–Crippen MR) is 94.1 cm³/mol. The maximum Gasteiger partial charge on any atom is 0.317 e. The van der Waals surface area contributed by atoms with E-state index in [0.717, 1.165) is 30.6 Å². The minimum Gasteiger partial charge on any atom is -0.480 e. The van der Waals surface area contributed by atoms with Crippen LogP contribution < -0.4 is 5.32 Å². The summed E-state index contributed by atoms with van der Waals surface area (Å²) in [5.41, 5.74) is 0.641. The van der Waals surface area contributed by atoms with Crippen LogP contribution in [0.5, 0.6) is 0 Å². The molecule has 4 rings (SSSR count). The summed E-state index contributed by atoms with van der Waals surface area (Å²) in [7, 11) is 0. The van der Waals surface area contributed by atoms with E-state index in [0.29, 0.717) is 23.5 Å². The summed E-state index contributed by atoms with van der Waals surface area (Å²) in [6.45, 7) is 1.03. The molecule has 0 atom stereocenters. The molecule has 2 aliphatic rings.